The molecule has 2 fully saturated rings. The summed E-state index contributed by atoms with van der Waals surface area (Å²) in [5, 5.41) is 3.43. The Morgan fingerprint density at radius 3 is 2.21 bits per heavy atom. The van der Waals surface area contributed by atoms with E-state index in [2.05, 4.69) is 5.32 Å². The second kappa shape index (κ2) is 7.40. The van der Waals surface area contributed by atoms with Crippen LogP contribution in [0.1, 0.15) is 41.6 Å². The lowest BCUT2D eigenvalue weighted by atomic mass is 9.81. The molecule has 2 aromatic carbocycles. The fourth-order valence-electron chi connectivity index (χ4n) is 4.12. The molecule has 3 amide bonds. The molecule has 0 bridgehead atoms. The number of anilines is 2. The Kier molecular flexibility index (Phi) is 4.94. The van der Waals surface area contributed by atoms with Gasteiger partial charge in [0.1, 0.15) is 0 Å². The highest BCUT2D eigenvalue weighted by Crippen LogP contribution is 2.40. The first-order chi connectivity index (χ1) is 13.5. The normalized spacial score (nSPS) is 21.6. The number of halogens is 1. The van der Waals surface area contributed by atoms with Gasteiger partial charge in [0.25, 0.3) is 5.91 Å². The molecule has 1 saturated heterocycles. The fraction of sp³-hybridized carbons (Fsp3) is 0.318. The molecule has 1 aliphatic heterocycles. The molecule has 28 heavy (non-hydrogen) atoms. The van der Waals surface area contributed by atoms with E-state index in [1.165, 1.54) is 4.90 Å². The third-order valence-electron chi connectivity index (χ3n) is 5.74. The minimum atomic E-state index is -0.273. The highest BCUT2D eigenvalue weighted by Gasteiger charge is 2.48. The van der Waals surface area contributed by atoms with Crippen molar-refractivity contribution in [3.8, 4) is 0 Å². The minimum Gasteiger partial charge on any atom is -0.322 e. The number of carbonyl (C=O) groups is 3. The number of fused-ring (bicyclic) bond motifs is 1. The zero-order chi connectivity index (χ0) is 19.8. The van der Waals surface area contributed by atoms with Gasteiger partial charge in [-0.25, -0.2) is 0 Å². The van der Waals surface area contributed by atoms with Gasteiger partial charge in [0.15, 0.2) is 0 Å². The maximum Gasteiger partial charge on any atom is 0.255 e. The number of hydrogen-bond donors (Lipinski definition) is 1. The number of hydrogen-bond acceptors (Lipinski definition) is 3. The number of amides is 3. The standard InChI is InChI=1S/C22H21ClN2O3/c1-13-18(23)7-4-8-19(13)24-20(26)14-9-11-15(12-10-14)25-21(27)16-5-2-3-6-17(16)22(25)28/h4,7-12,16-17H,2-3,5-6H2,1H3,(H,24,26)/t16-,17-/m0/s1. The molecule has 1 saturated carbocycles. The van der Waals surface area contributed by atoms with Crippen LogP contribution in [0.5, 0.6) is 0 Å². The van der Waals surface area contributed by atoms with Crippen molar-refractivity contribution in [3.63, 3.8) is 0 Å². The molecule has 1 heterocycles. The molecular weight excluding hydrogens is 376 g/mol. The van der Waals surface area contributed by atoms with Gasteiger partial charge < -0.3 is 5.32 Å². The van der Waals surface area contributed by atoms with Gasteiger partial charge >= 0.3 is 0 Å². The van der Waals surface area contributed by atoms with Gasteiger partial charge in [0.2, 0.25) is 11.8 Å². The number of benzene rings is 2. The van der Waals surface area contributed by atoms with E-state index in [4.69, 9.17) is 11.6 Å². The van der Waals surface area contributed by atoms with Gasteiger partial charge in [-0.05, 0) is 61.7 Å². The molecule has 2 atom stereocenters. The maximum atomic E-state index is 12.7. The van der Waals surface area contributed by atoms with Crippen LogP contribution < -0.4 is 10.2 Å². The summed E-state index contributed by atoms with van der Waals surface area (Å²) in [6.07, 6.45) is 3.56. The second-order valence-corrected chi connectivity index (χ2v) is 7.83. The first-order valence-corrected chi connectivity index (χ1v) is 9.89. The van der Waals surface area contributed by atoms with Crippen LogP contribution >= 0.6 is 11.6 Å². The van der Waals surface area contributed by atoms with E-state index in [9.17, 15) is 14.4 Å². The highest BCUT2D eigenvalue weighted by molar-refractivity contribution is 6.31. The van der Waals surface area contributed by atoms with Gasteiger partial charge in [-0.15, -0.1) is 0 Å². The molecule has 0 unspecified atom stereocenters. The topological polar surface area (TPSA) is 66.5 Å². The third-order valence-corrected chi connectivity index (χ3v) is 6.15. The van der Waals surface area contributed by atoms with Gasteiger partial charge in [0.05, 0.1) is 17.5 Å². The van der Waals surface area contributed by atoms with Crippen molar-refractivity contribution in [2.75, 3.05) is 10.2 Å². The van der Waals surface area contributed by atoms with Gasteiger partial charge in [0, 0.05) is 16.3 Å². The zero-order valence-corrected chi connectivity index (χ0v) is 16.3. The Bertz CT molecular complexity index is 931. The van der Waals surface area contributed by atoms with Crippen molar-refractivity contribution < 1.29 is 14.4 Å². The number of nitrogens with zero attached hydrogens (tertiary/aromatic N) is 1. The molecule has 1 N–H and O–H groups in total. The minimum absolute atomic E-state index is 0.110. The Morgan fingerprint density at radius 2 is 1.61 bits per heavy atom. The molecule has 1 aliphatic carbocycles. The number of rotatable bonds is 3. The first-order valence-electron chi connectivity index (χ1n) is 9.51. The lowest BCUT2D eigenvalue weighted by Gasteiger charge is -2.19. The van der Waals surface area contributed by atoms with Crippen molar-refractivity contribution in [2.24, 2.45) is 11.8 Å². The number of carbonyl (C=O) groups excluding carboxylic acids is 3. The molecule has 2 aliphatic rings. The van der Waals surface area contributed by atoms with Crippen LogP contribution in [0.25, 0.3) is 0 Å². The summed E-state index contributed by atoms with van der Waals surface area (Å²) in [6.45, 7) is 1.84. The highest BCUT2D eigenvalue weighted by atomic mass is 35.5. The summed E-state index contributed by atoms with van der Waals surface area (Å²) < 4.78 is 0. The summed E-state index contributed by atoms with van der Waals surface area (Å²) in [4.78, 5) is 39.2. The molecule has 0 radical (unpaired) electrons. The molecule has 6 heteroatoms. The maximum absolute atomic E-state index is 12.7. The fourth-order valence-corrected chi connectivity index (χ4v) is 4.29. The average molecular weight is 397 g/mol. The summed E-state index contributed by atoms with van der Waals surface area (Å²) in [6, 6.07) is 11.9. The van der Waals surface area contributed by atoms with E-state index in [0.29, 0.717) is 22.0 Å². The Hall–Kier alpha value is -2.66. The van der Waals surface area contributed by atoms with Crippen LogP contribution in [0, 0.1) is 18.8 Å². The SMILES string of the molecule is Cc1c(Cl)cccc1NC(=O)c1ccc(N2C(=O)[C@H]3CCCC[C@@H]3C2=O)cc1. The average Bonchev–Trinajstić information content (AvgIpc) is 2.96. The molecule has 2 aromatic rings. The van der Waals surface area contributed by atoms with Crippen molar-refractivity contribution in [1.82, 2.24) is 0 Å². The molecular formula is C22H21ClN2O3. The monoisotopic (exact) mass is 396 g/mol. The van der Waals surface area contributed by atoms with Crippen molar-refractivity contribution >= 4 is 40.7 Å². The van der Waals surface area contributed by atoms with Gasteiger partial charge in [-0.3, -0.25) is 19.3 Å². The molecule has 4 rings (SSSR count). The van der Waals surface area contributed by atoms with Crippen LogP contribution in [0.2, 0.25) is 5.02 Å². The summed E-state index contributed by atoms with van der Waals surface area (Å²) in [5.41, 5.74) is 2.42. The molecule has 5 nitrogen and oxygen atoms in total. The Labute approximate surface area is 168 Å². The number of imide groups is 1. The van der Waals surface area contributed by atoms with Gasteiger partial charge in [-0.2, -0.15) is 0 Å². The molecule has 0 spiro atoms. The van der Waals surface area contributed by atoms with Gasteiger partial charge in [-0.1, -0.05) is 30.5 Å². The molecule has 144 valence electrons. The predicted molar refractivity (Wildman–Crippen MR) is 109 cm³/mol. The summed E-state index contributed by atoms with van der Waals surface area (Å²) >= 11 is 6.10. The van der Waals surface area contributed by atoms with Crippen LogP contribution in [0.15, 0.2) is 42.5 Å². The lowest BCUT2D eigenvalue weighted by Crippen LogP contribution is -2.30. The van der Waals surface area contributed by atoms with E-state index >= 15 is 0 Å². The van der Waals surface area contributed by atoms with Crippen LogP contribution in [-0.2, 0) is 9.59 Å². The molecule has 0 aromatic heterocycles. The largest absolute Gasteiger partial charge is 0.322 e. The van der Waals surface area contributed by atoms with Crippen molar-refractivity contribution in [1.29, 1.82) is 0 Å². The van der Waals surface area contributed by atoms with Crippen LogP contribution in [0.3, 0.4) is 0 Å². The van der Waals surface area contributed by atoms with Crippen molar-refractivity contribution in [3.05, 3.63) is 58.6 Å². The summed E-state index contributed by atoms with van der Waals surface area (Å²) in [7, 11) is 0. The first kappa shape index (κ1) is 18.7. The van der Waals surface area contributed by atoms with E-state index in [-0.39, 0.29) is 29.6 Å². The summed E-state index contributed by atoms with van der Waals surface area (Å²) in [5.74, 6) is -0.863. The van der Waals surface area contributed by atoms with E-state index in [1.807, 2.05) is 6.92 Å². The predicted octanol–water partition coefficient (Wildman–Crippen LogP) is 4.58. The van der Waals surface area contributed by atoms with Crippen LogP contribution in [-0.4, -0.2) is 17.7 Å². The quantitative estimate of drug-likeness (QED) is 0.772. The number of nitrogens with one attached hydrogen (secondary N) is 1. The zero-order valence-electron chi connectivity index (χ0n) is 15.6. The third kappa shape index (κ3) is 3.20. The van der Waals surface area contributed by atoms with E-state index in [0.717, 1.165) is 31.2 Å². The van der Waals surface area contributed by atoms with E-state index < -0.39 is 0 Å². The van der Waals surface area contributed by atoms with Crippen molar-refractivity contribution in [2.45, 2.75) is 32.6 Å². The Morgan fingerprint density at radius 1 is 1.00 bits per heavy atom. The van der Waals surface area contributed by atoms with Crippen LogP contribution in [0.4, 0.5) is 11.4 Å². The lowest BCUT2D eigenvalue weighted by molar-refractivity contribution is -0.122. The smallest absolute Gasteiger partial charge is 0.255 e. The second-order valence-electron chi connectivity index (χ2n) is 7.42. The van der Waals surface area contributed by atoms with E-state index in [1.54, 1.807) is 42.5 Å². The Balaban J connectivity index is 1.52.